The molecule has 3 rings (SSSR count). The van der Waals surface area contributed by atoms with E-state index < -0.39 is 11.9 Å². The fourth-order valence-corrected chi connectivity index (χ4v) is 2.20. The lowest BCUT2D eigenvalue weighted by molar-refractivity contribution is -0.117. The van der Waals surface area contributed by atoms with Crippen LogP contribution < -0.4 is 10.1 Å². The van der Waals surface area contributed by atoms with Crippen molar-refractivity contribution in [1.29, 1.82) is 0 Å². The Kier molecular flexibility index (Phi) is 3.23. The summed E-state index contributed by atoms with van der Waals surface area (Å²) in [5.74, 6) is -0.918. The number of halogens is 2. The van der Waals surface area contributed by atoms with Gasteiger partial charge in [-0.15, -0.1) is 0 Å². The minimum Gasteiger partial charge on any atom is -0.492 e. The third kappa shape index (κ3) is 2.42. The lowest BCUT2D eigenvalue weighted by Crippen LogP contribution is -2.23. The fraction of sp³-hybridized carbons (Fsp3) is 0.154. The molecule has 1 aromatic carbocycles. The van der Waals surface area contributed by atoms with Crippen LogP contribution in [0.15, 0.2) is 30.6 Å². The lowest BCUT2D eigenvalue weighted by Gasteiger charge is -2.09. The number of carbonyl (C=O) groups is 1. The summed E-state index contributed by atoms with van der Waals surface area (Å²) in [5.41, 5.74) is 0.708. The van der Waals surface area contributed by atoms with Gasteiger partial charge in [-0.1, -0.05) is 11.6 Å². The summed E-state index contributed by atoms with van der Waals surface area (Å²) in [6.45, 7) is 0.213. The average Bonchev–Trinajstić information content (AvgIpc) is 2.81. The van der Waals surface area contributed by atoms with Gasteiger partial charge in [0.25, 0.3) is 0 Å². The van der Waals surface area contributed by atoms with E-state index in [9.17, 15) is 9.18 Å². The summed E-state index contributed by atoms with van der Waals surface area (Å²) >= 11 is 5.92. The molecule has 5 nitrogen and oxygen atoms in total. The number of hydrogen-bond acceptors (Lipinski definition) is 4. The Morgan fingerprint density at radius 1 is 1.45 bits per heavy atom. The molecule has 20 heavy (non-hydrogen) atoms. The molecule has 0 radical (unpaired) electrons. The van der Waals surface area contributed by atoms with Gasteiger partial charge in [0.1, 0.15) is 18.3 Å². The number of aromatic nitrogens is 2. The zero-order valence-corrected chi connectivity index (χ0v) is 10.9. The minimum atomic E-state index is -0.756. The second-order valence-corrected chi connectivity index (χ2v) is 4.70. The zero-order chi connectivity index (χ0) is 14.1. The van der Waals surface area contributed by atoms with Gasteiger partial charge >= 0.3 is 0 Å². The van der Waals surface area contributed by atoms with E-state index in [2.05, 4.69) is 15.3 Å². The Morgan fingerprint density at radius 2 is 2.30 bits per heavy atom. The highest BCUT2D eigenvalue weighted by Gasteiger charge is 2.30. The van der Waals surface area contributed by atoms with Gasteiger partial charge in [0.2, 0.25) is 11.9 Å². The summed E-state index contributed by atoms with van der Waals surface area (Å²) in [7, 11) is 0. The maximum Gasteiger partial charge on any atom is 0.236 e. The molecule has 0 aliphatic carbocycles. The van der Waals surface area contributed by atoms with Gasteiger partial charge in [0, 0.05) is 10.6 Å². The van der Waals surface area contributed by atoms with E-state index >= 15 is 0 Å². The highest BCUT2D eigenvalue weighted by Crippen LogP contribution is 2.36. The lowest BCUT2D eigenvalue weighted by atomic mass is 10.0. The molecule has 7 heteroatoms. The van der Waals surface area contributed by atoms with Crippen LogP contribution in [0.25, 0.3) is 0 Å². The topological polar surface area (TPSA) is 64.1 Å². The minimum absolute atomic E-state index is 0.0606. The number of nitrogens with zero attached hydrogens (tertiary/aromatic N) is 2. The average molecular weight is 294 g/mol. The molecule has 0 spiro atoms. The second kappa shape index (κ2) is 5.05. The normalized spacial score (nSPS) is 16.4. The first-order chi connectivity index (χ1) is 9.63. The van der Waals surface area contributed by atoms with Crippen LogP contribution in [0.2, 0.25) is 5.02 Å². The molecule has 0 fully saturated rings. The third-order valence-electron chi connectivity index (χ3n) is 2.93. The van der Waals surface area contributed by atoms with Crippen LogP contribution in [0.1, 0.15) is 11.5 Å². The summed E-state index contributed by atoms with van der Waals surface area (Å²) in [6.07, 6.45) is 2.24. The van der Waals surface area contributed by atoms with E-state index in [1.165, 1.54) is 6.20 Å². The van der Waals surface area contributed by atoms with Crippen molar-refractivity contribution in [3.63, 3.8) is 0 Å². The first kappa shape index (κ1) is 12.8. The Hall–Kier alpha value is -2.21. The number of rotatable bonds is 2. The molecule has 0 saturated carbocycles. The van der Waals surface area contributed by atoms with E-state index in [4.69, 9.17) is 16.3 Å². The van der Waals surface area contributed by atoms with Gasteiger partial charge < -0.3 is 10.1 Å². The third-order valence-corrected chi connectivity index (χ3v) is 3.16. The van der Waals surface area contributed by atoms with Gasteiger partial charge in [-0.2, -0.15) is 9.37 Å². The standard InChI is InChI=1S/C13H9ClFN3O2/c14-7-1-2-10-8(3-7)9(6-20-10)13(19)18-12-5-16-4-11(15)17-12/h1-5,9H,6H2,(H,17,18,19). The molecule has 1 aliphatic heterocycles. The van der Waals surface area contributed by atoms with Crippen molar-refractivity contribution in [1.82, 2.24) is 9.97 Å². The first-order valence-electron chi connectivity index (χ1n) is 5.84. The molecule has 102 valence electrons. The van der Waals surface area contributed by atoms with Crippen molar-refractivity contribution in [3.8, 4) is 5.75 Å². The first-order valence-corrected chi connectivity index (χ1v) is 6.22. The van der Waals surface area contributed by atoms with Crippen LogP contribution in [-0.2, 0) is 4.79 Å². The van der Waals surface area contributed by atoms with Crippen LogP contribution in [-0.4, -0.2) is 22.5 Å². The number of amides is 1. The predicted molar refractivity (Wildman–Crippen MR) is 70.3 cm³/mol. The molecule has 2 heterocycles. The zero-order valence-electron chi connectivity index (χ0n) is 10.1. The molecule has 2 aromatic rings. The van der Waals surface area contributed by atoms with Crippen molar-refractivity contribution in [2.24, 2.45) is 0 Å². The Bertz CT molecular complexity index is 680. The summed E-state index contributed by atoms with van der Waals surface area (Å²) in [5, 5.41) is 3.03. The van der Waals surface area contributed by atoms with Crippen molar-refractivity contribution < 1.29 is 13.9 Å². The number of benzene rings is 1. The number of fused-ring (bicyclic) bond motifs is 1. The fourth-order valence-electron chi connectivity index (χ4n) is 2.02. The molecular formula is C13H9ClFN3O2. The number of nitrogens with one attached hydrogen (secondary N) is 1. The second-order valence-electron chi connectivity index (χ2n) is 4.26. The Labute approximate surface area is 118 Å². The van der Waals surface area contributed by atoms with E-state index in [1.54, 1.807) is 18.2 Å². The molecule has 1 N–H and O–H groups in total. The van der Waals surface area contributed by atoms with Gasteiger partial charge in [-0.25, -0.2) is 0 Å². The van der Waals surface area contributed by atoms with E-state index in [0.717, 1.165) is 6.20 Å². The van der Waals surface area contributed by atoms with Crippen molar-refractivity contribution >= 4 is 23.3 Å². The van der Waals surface area contributed by atoms with Crippen molar-refractivity contribution in [2.75, 3.05) is 11.9 Å². The smallest absolute Gasteiger partial charge is 0.236 e. The summed E-state index contributed by atoms with van der Waals surface area (Å²) in [6, 6.07) is 5.09. The quantitative estimate of drug-likeness (QED) is 0.923. The number of ether oxygens (including phenoxy) is 1. The van der Waals surface area contributed by atoms with Crippen molar-refractivity contribution in [3.05, 3.63) is 47.1 Å². The van der Waals surface area contributed by atoms with Crippen LogP contribution in [0.4, 0.5) is 10.2 Å². The Morgan fingerprint density at radius 3 is 3.10 bits per heavy atom. The highest BCUT2D eigenvalue weighted by atomic mass is 35.5. The van der Waals surface area contributed by atoms with E-state index in [-0.39, 0.29) is 18.3 Å². The predicted octanol–water partition coefficient (Wildman–Crippen LogP) is 2.38. The van der Waals surface area contributed by atoms with Crippen molar-refractivity contribution in [2.45, 2.75) is 5.92 Å². The SMILES string of the molecule is O=C(Nc1cncc(F)n1)C1COc2ccc(Cl)cc21. The van der Waals surface area contributed by atoms with Crippen LogP contribution >= 0.6 is 11.6 Å². The van der Waals surface area contributed by atoms with Gasteiger partial charge in [0.15, 0.2) is 5.82 Å². The maximum absolute atomic E-state index is 12.9. The Balaban J connectivity index is 1.82. The molecule has 1 amide bonds. The van der Waals surface area contributed by atoms with E-state index in [0.29, 0.717) is 16.3 Å². The van der Waals surface area contributed by atoms with Crippen LogP contribution in [0.5, 0.6) is 5.75 Å². The van der Waals surface area contributed by atoms with E-state index in [1.807, 2.05) is 0 Å². The highest BCUT2D eigenvalue weighted by molar-refractivity contribution is 6.30. The molecule has 1 atom stereocenters. The molecular weight excluding hydrogens is 285 g/mol. The monoisotopic (exact) mass is 293 g/mol. The largest absolute Gasteiger partial charge is 0.492 e. The maximum atomic E-state index is 12.9. The summed E-state index contributed by atoms with van der Waals surface area (Å²) < 4.78 is 18.3. The van der Waals surface area contributed by atoms with Gasteiger partial charge in [-0.3, -0.25) is 9.78 Å². The summed E-state index contributed by atoms with van der Waals surface area (Å²) in [4.78, 5) is 19.3. The molecule has 1 aliphatic rings. The van der Waals surface area contributed by atoms with Crippen LogP contribution in [0.3, 0.4) is 0 Å². The van der Waals surface area contributed by atoms with Crippen LogP contribution in [0, 0.1) is 5.95 Å². The number of anilines is 1. The van der Waals surface area contributed by atoms with Gasteiger partial charge in [-0.05, 0) is 18.2 Å². The number of hydrogen-bond donors (Lipinski definition) is 1. The number of carbonyl (C=O) groups excluding carboxylic acids is 1. The molecule has 0 saturated heterocycles. The van der Waals surface area contributed by atoms with Gasteiger partial charge in [0.05, 0.1) is 12.4 Å². The molecule has 0 bridgehead atoms. The molecule has 1 unspecified atom stereocenters. The molecule has 1 aromatic heterocycles.